The predicted octanol–water partition coefficient (Wildman–Crippen LogP) is 3.37. The number of aryl methyl sites for hydroxylation is 1. The van der Waals surface area contributed by atoms with Crippen LogP contribution in [0.1, 0.15) is 23.2 Å². The third kappa shape index (κ3) is 3.34. The zero-order valence-corrected chi connectivity index (χ0v) is 13.5. The highest BCUT2D eigenvalue weighted by atomic mass is 35.5. The Hall–Kier alpha value is -1.79. The number of hydrogen-bond acceptors (Lipinski definition) is 6. The average molecular weight is 340 g/mol. The van der Waals surface area contributed by atoms with Crippen molar-refractivity contribution in [3.63, 3.8) is 0 Å². The molecule has 0 saturated carbocycles. The van der Waals surface area contributed by atoms with Crippen molar-refractivity contribution in [2.75, 3.05) is 6.79 Å². The van der Waals surface area contributed by atoms with Gasteiger partial charge in [-0.2, -0.15) is 0 Å². The van der Waals surface area contributed by atoms with E-state index in [0.717, 1.165) is 22.7 Å². The van der Waals surface area contributed by atoms with Gasteiger partial charge in [0.1, 0.15) is 6.61 Å². The van der Waals surface area contributed by atoms with Crippen molar-refractivity contribution in [2.24, 2.45) is 0 Å². The van der Waals surface area contributed by atoms with Gasteiger partial charge in [-0.05, 0) is 24.1 Å². The number of fused-ring (bicyclic) bond motifs is 1. The monoisotopic (exact) mass is 339 g/mol. The molecule has 2 heterocycles. The van der Waals surface area contributed by atoms with E-state index in [-0.39, 0.29) is 25.8 Å². The summed E-state index contributed by atoms with van der Waals surface area (Å²) >= 11 is 7.64. The van der Waals surface area contributed by atoms with Crippen molar-refractivity contribution in [1.29, 1.82) is 0 Å². The van der Waals surface area contributed by atoms with Crippen LogP contribution in [0, 0.1) is 0 Å². The lowest BCUT2D eigenvalue weighted by Crippen LogP contribution is -2.08. The van der Waals surface area contributed by atoms with E-state index in [9.17, 15) is 4.79 Å². The summed E-state index contributed by atoms with van der Waals surface area (Å²) in [6, 6.07) is 3.47. The highest BCUT2D eigenvalue weighted by Crippen LogP contribution is 2.39. The fourth-order valence-corrected chi connectivity index (χ4v) is 3.09. The maximum absolute atomic E-state index is 11.9. The molecule has 0 atom stereocenters. The molecule has 1 aromatic carbocycles. The average Bonchev–Trinajstić information content (AvgIpc) is 3.14. The van der Waals surface area contributed by atoms with Crippen molar-refractivity contribution < 1.29 is 19.0 Å². The molecule has 0 bridgehead atoms. The smallest absolute Gasteiger partial charge is 0.312 e. The maximum Gasteiger partial charge on any atom is 0.312 e. The van der Waals surface area contributed by atoms with Crippen LogP contribution in [0.5, 0.6) is 11.5 Å². The molecule has 1 aromatic heterocycles. The largest absolute Gasteiger partial charge is 0.461 e. The lowest BCUT2D eigenvalue weighted by Gasteiger charge is -2.06. The Morgan fingerprint density at radius 1 is 1.45 bits per heavy atom. The number of rotatable bonds is 5. The molecule has 1 aliphatic rings. The number of carbonyl (C=O) groups excluding carboxylic acids is 1. The van der Waals surface area contributed by atoms with E-state index in [4.69, 9.17) is 25.8 Å². The number of aromatic nitrogens is 1. The number of nitrogens with zero attached hydrogens (tertiary/aromatic N) is 1. The minimum absolute atomic E-state index is 0.139. The van der Waals surface area contributed by atoms with Gasteiger partial charge in [-0.15, -0.1) is 11.3 Å². The lowest BCUT2D eigenvalue weighted by molar-refractivity contribution is -0.144. The molecule has 22 heavy (non-hydrogen) atoms. The van der Waals surface area contributed by atoms with Crippen LogP contribution in [0.2, 0.25) is 5.02 Å². The number of halogens is 1. The predicted molar refractivity (Wildman–Crippen MR) is 82.6 cm³/mol. The third-order valence-electron chi connectivity index (χ3n) is 3.11. The van der Waals surface area contributed by atoms with E-state index in [1.165, 1.54) is 0 Å². The van der Waals surface area contributed by atoms with Gasteiger partial charge in [-0.25, -0.2) is 4.98 Å². The second-order valence-corrected chi connectivity index (χ2v) is 6.08. The van der Waals surface area contributed by atoms with Gasteiger partial charge in [0.2, 0.25) is 6.79 Å². The number of hydrogen-bond donors (Lipinski definition) is 0. The second kappa shape index (κ2) is 6.54. The van der Waals surface area contributed by atoms with E-state index in [1.54, 1.807) is 23.5 Å². The zero-order chi connectivity index (χ0) is 15.5. The highest BCUT2D eigenvalue weighted by Gasteiger charge is 2.18. The Balaban J connectivity index is 1.58. The van der Waals surface area contributed by atoms with Crippen molar-refractivity contribution in [3.05, 3.63) is 38.8 Å². The van der Waals surface area contributed by atoms with E-state index in [1.807, 2.05) is 12.3 Å². The summed E-state index contributed by atoms with van der Waals surface area (Å²) < 4.78 is 15.8. The Morgan fingerprint density at radius 2 is 2.32 bits per heavy atom. The summed E-state index contributed by atoms with van der Waals surface area (Å²) in [6.45, 7) is 2.33. The second-order valence-electron chi connectivity index (χ2n) is 4.74. The van der Waals surface area contributed by atoms with Gasteiger partial charge >= 0.3 is 5.97 Å². The molecule has 0 saturated heterocycles. The van der Waals surface area contributed by atoms with E-state index >= 15 is 0 Å². The van der Waals surface area contributed by atoms with Crippen LogP contribution in [0.25, 0.3) is 0 Å². The van der Waals surface area contributed by atoms with Crippen LogP contribution < -0.4 is 9.47 Å². The molecular weight excluding hydrogens is 326 g/mol. The summed E-state index contributed by atoms with van der Waals surface area (Å²) in [4.78, 5) is 16.2. The van der Waals surface area contributed by atoms with Crippen molar-refractivity contribution in [3.8, 4) is 11.5 Å². The van der Waals surface area contributed by atoms with Gasteiger partial charge in [0.25, 0.3) is 0 Å². The first-order valence-corrected chi connectivity index (χ1v) is 8.08. The Kier molecular flexibility index (Phi) is 4.49. The molecule has 5 nitrogen and oxygen atoms in total. The molecule has 0 amide bonds. The zero-order valence-electron chi connectivity index (χ0n) is 11.9. The van der Waals surface area contributed by atoms with Gasteiger partial charge in [0.05, 0.1) is 22.1 Å². The Labute approximate surface area is 136 Å². The van der Waals surface area contributed by atoms with Crippen molar-refractivity contribution >= 4 is 28.9 Å². The van der Waals surface area contributed by atoms with Crippen LogP contribution in [-0.2, 0) is 29.0 Å². The Morgan fingerprint density at radius 3 is 3.09 bits per heavy atom. The minimum atomic E-state index is -0.318. The highest BCUT2D eigenvalue weighted by molar-refractivity contribution is 7.09. The summed E-state index contributed by atoms with van der Waals surface area (Å²) in [5, 5.41) is 3.36. The number of ether oxygens (including phenoxy) is 3. The first kappa shape index (κ1) is 15.1. The van der Waals surface area contributed by atoms with Crippen LogP contribution in [0.3, 0.4) is 0 Å². The number of esters is 1. The Bertz CT molecular complexity index is 701. The van der Waals surface area contributed by atoms with E-state index < -0.39 is 0 Å². The van der Waals surface area contributed by atoms with Gasteiger partial charge in [-0.3, -0.25) is 4.79 Å². The topological polar surface area (TPSA) is 57.7 Å². The summed E-state index contributed by atoms with van der Waals surface area (Å²) in [5.41, 5.74) is 1.51. The van der Waals surface area contributed by atoms with E-state index in [2.05, 4.69) is 4.98 Å². The lowest BCUT2D eigenvalue weighted by atomic mass is 10.2. The summed E-state index contributed by atoms with van der Waals surface area (Å²) in [5.74, 6) is 0.790. The fourth-order valence-electron chi connectivity index (χ4n) is 2.06. The summed E-state index contributed by atoms with van der Waals surface area (Å²) in [7, 11) is 0. The standard InChI is InChI=1S/C15H14ClNO4S/c1-2-13-17-10(7-22-13)5-14(18)19-6-9-3-11(16)15-12(4-9)20-8-21-15/h3-4,7H,2,5-6,8H2,1H3. The van der Waals surface area contributed by atoms with Crippen LogP contribution in [0.4, 0.5) is 0 Å². The number of benzene rings is 1. The van der Waals surface area contributed by atoms with Crippen LogP contribution >= 0.6 is 22.9 Å². The number of carbonyl (C=O) groups is 1. The molecule has 116 valence electrons. The molecule has 7 heteroatoms. The molecule has 3 rings (SSSR count). The third-order valence-corrected chi connectivity index (χ3v) is 4.44. The molecule has 0 spiro atoms. The van der Waals surface area contributed by atoms with Crippen molar-refractivity contribution in [1.82, 2.24) is 4.98 Å². The molecule has 0 unspecified atom stereocenters. The number of thiazole rings is 1. The quantitative estimate of drug-likeness (QED) is 0.782. The molecule has 0 N–H and O–H groups in total. The fraction of sp³-hybridized carbons (Fsp3) is 0.333. The molecule has 0 fully saturated rings. The van der Waals surface area contributed by atoms with Gasteiger partial charge in [0.15, 0.2) is 11.5 Å². The van der Waals surface area contributed by atoms with Gasteiger partial charge in [-0.1, -0.05) is 18.5 Å². The summed E-state index contributed by atoms with van der Waals surface area (Å²) in [6.07, 6.45) is 1.05. The molecule has 0 radical (unpaired) electrons. The van der Waals surface area contributed by atoms with Crippen molar-refractivity contribution in [2.45, 2.75) is 26.4 Å². The normalized spacial score (nSPS) is 12.5. The van der Waals surface area contributed by atoms with E-state index in [0.29, 0.717) is 16.5 Å². The SMILES string of the molecule is CCc1nc(CC(=O)OCc2cc(Cl)c3c(c2)OCO3)cs1. The van der Waals surface area contributed by atoms with Gasteiger partial charge < -0.3 is 14.2 Å². The maximum atomic E-state index is 11.9. The molecular formula is C15H14ClNO4S. The van der Waals surface area contributed by atoms with Crippen LogP contribution in [0.15, 0.2) is 17.5 Å². The first-order valence-electron chi connectivity index (χ1n) is 6.82. The minimum Gasteiger partial charge on any atom is -0.461 e. The van der Waals surface area contributed by atoms with Crippen LogP contribution in [-0.4, -0.2) is 17.7 Å². The molecule has 1 aliphatic heterocycles. The molecule has 0 aliphatic carbocycles. The van der Waals surface area contributed by atoms with Gasteiger partial charge in [0, 0.05) is 5.38 Å². The first-order chi connectivity index (χ1) is 10.7. The molecule has 2 aromatic rings.